The number of hydrogen-bond donors (Lipinski definition) is 1. The average Bonchev–Trinajstić information content (AvgIpc) is 2.85. The summed E-state index contributed by atoms with van der Waals surface area (Å²) in [5.74, 6) is 0.452. The maximum Gasteiger partial charge on any atom is 0.336 e. The van der Waals surface area contributed by atoms with Gasteiger partial charge < -0.3 is 14.2 Å². The lowest BCUT2D eigenvalue weighted by Gasteiger charge is -2.08. The minimum atomic E-state index is -0.527. The van der Waals surface area contributed by atoms with E-state index in [1.807, 2.05) is 37.3 Å². The zero-order chi connectivity index (χ0) is 23.5. The molecule has 3 aromatic carbocycles. The second kappa shape index (κ2) is 11.9. The molecule has 0 aliphatic carbocycles. The van der Waals surface area contributed by atoms with Crippen molar-refractivity contribution < 1.29 is 23.8 Å². The molecule has 0 unspecified atom stereocenters. The molecule has 3 aromatic rings. The minimum absolute atomic E-state index is 0.274. The zero-order valence-electron chi connectivity index (χ0n) is 18.4. The lowest BCUT2D eigenvalue weighted by atomic mass is 10.2. The van der Waals surface area contributed by atoms with E-state index in [-0.39, 0.29) is 11.7 Å². The van der Waals surface area contributed by atoms with E-state index in [1.165, 1.54) is 19.4 Å². The summed E-state index contributed by atoms with van der Waals surface area (Å²) in [4.78, 5) is 24.3. The van der Waals surface area contributed by atoms with Crippen molar-refractivity contribution >= 4 is 24.2 Å². The molecule has 0 saturated heterocycles. The highest BCUT2D eigenvalue weighted by atomic mass is 16.6. The van der Waals surface area contributed by atoms with E-state index in [2.05, 4.69) is 10.5 Å². The van der Waals surface area contributed by atoms with E-state index in [1.54, 1.807) is 48.5 Å². The Morgan fingerprint density at radius 1 is 0.939 bits per heavy atom. The van der Waals surface area contributed by atoms with Crippen LogP contribution in [0.15, 0.2) is 84.0 Å². The third kappa shape index (κ3) is 7.07. The smallest absolute Gasteiger partial charge is 0.336 e. The summed E-state index contributed by atoms with van der Waals surface area (Å²) < 4.78 is 16.0. The predicted molar refractivity (Wildman–Crippen MR) is 127 cm³/mol. The first kappa shape index (κ1) is 23.3. The Kier molecular flexibility index (Phi) is 8.36. The van der Waals surface area contributed by atoms with Gasteiger partial charge in [-0.05, 0) is 66.6 Å². The molecule has 0 bridgehead atoms. The second-order valence-corrected chi connectivity index (χ2v) is 6.73. The van der Waals surface area contributed by atoms with Gasteiger partial charge in [-0.15, -0.1) is 0 Å². The Morgan fingerprint density at radius 3 is 2.39 bits per heavy atom. The molecule has 7 heteroatoms. The minimum Gasteiger partial charge on any atom is -0.494 e. The molecule has 1 amide bonds. The molecule has 0 aromatic heterocycles. The van der Waals surface area contributed by atoms with Gasteiger partial charge in [0, 0.05) is 11.6 Å². The first-order chi connectivity index (χ1) is 16.1. The highest BCUT2D eigenvalue weighted by Gasteiger charge is 2.09. The van der Waals surface area contributed by atoms with Crippen LogP contribution in [-0.4, -0.2) is 31.8 Å². The quantitative estimate of drug-likeness (QED) is 0.173. The Morgan fingerprint density at radius 2 is 1.70 bits per heavy atom. The van der Waals surface area contributed by atoms with Crippen molar-refractivity contribution in [1.82, 2.24) is 5.43 Å². The van der Waals surface area contributed by atoms with Crippen LogP contribution in [0.1, 0.15) is 28.4 Å². The number of nitrogens with one attached hydrogen (secondary N) is 1. The van der Waals surface area contributed by atoms with Gasteiger partial charge in [0.05, 0.1) is 19.9 Å². The number of amides is 1. The molecule has 168 valence electrons. The summed E-state index contributed by atoms with van der Waals surface area (Å²) in [6, 6.07) is 21.1. The largest absolute Gasteiger partial charge is 0.494 e. The van der Waals surface area contributed by atoms with Gasteiger partial charge in [-0.3, -0.25) is 4.79 Å². The number of rotatable bonds is 9. The van der Waals surface area contributed by atoms with Crippen molar-refractivity contribution in [1.29, 1.82) is 0 Å². The molecule has 0 spiro atoms. The van der Waals surface area contributed by atoms with Crippen molar-refractivity contribution in [3.63, 3.8) is 0 Å². The van der Waals surface area contributed by atoms with Crippen molar-refractivity contribution in [2.24, 2.45) is 5.10 Å². The first-order valence-corrected chi connectivity index (χ1v) is 10.3. The van der Waals surface area contributed by atoms with Gasteiger partial charge in [-0.25, -0.2) is 10.2 Å². The number of esters is 1. The third-order valence-corrected chi connectivity index (χ3v) is 4.42. The topological polar surface area (TPSA) is 86.2 Å². The van der Waals surface area contributed by atoms with Crippen LogP contribution >= 0.6 is 0 Å². The van der Waals surface area contributed by atoms with Gasteiger partial charge in [-0.2, -0.15) is 5.10 Å². The summed E-state index contributed by atoms with van der Waals surface area (Å²) in [6.07, 6.45) is 4.49. The summed E-state index contributed by atoms with van der Waals surface area (Å²) >= 11 is 0. The fourth-order valence-electron chi connectivity index (χ4n) is 2.82. The van der Waals surface area contributed by atoms with Gasteiger partial charge in [-0.1, -0.05) is 30.3 Å². The average molecular weight is 444 g/mol. The fraction of sp³-hybridized carbons (Fsp3) is 0.115. The van der Waals surface area contributed by atoms with Crippen LogP contribution in [0.3, 0.4) is 0 Å². The molecule has 0 saturated carbocycles. The first-order valence-electron chi connectivity index (χ1n) is 10.3. The number of benzene rings is 3. The lowest BCUT2D eigenvalue weighted by molar-refractivity contribution is -0.129. The standard InChI is InChI=1S/C26H24N2O5/c1-3-32-22-13-11-21(12-14-22)26(30)28-27-18-20-9-15-23(24(17-20)31-2)33-25(29)16-10-19-7-5-4-6-8-19/h4-18H,3H2,1-2H3,(H,28,30)/b16-10+,27-18-. The Balaban J connectivity index is 1.59. The molecule has 7 nitrogen and oxygen atoms in total. The maximum atomic E-state index is 12.2. The van der Waals surface area contributed by atoms with Crippen LogP contribution in [0.5, 0.6) is 17.2 Å². The maximum absolute atomic E-state index is 12.2. The Hall–Kier alpha value is -4.39. The molecule has 0 aliphatic rings. The fourth-order valence-corrected chi connectivity index (χ4v) is 2.82. The molecular weight excluding hydrogens is 420 g/mol. The van der Waals surface area contributed by atoms with Crippen LogP contribution in [0, 0.1) is 0 Å². The van der Waals surface area contributed by atoms with Crippen molar-refractivity contribution in [3.8, 4) is 17.2 Å². The molecule has 0 heterocycles. The number of hydrazone groups is 1. The number of nitrogens with zero attached hydrogens (tertiary/aromatic N) is 1. The van der Waals surface area contributed by atoms with Gasteiger partial charge in [0.15, 0.2) is 11.5 Å². The van der Waals surface area contributed by atoms with E-state index in [0.717, 1.165) is 5.56 Å². The van der Waals surface area contributed by atoms with Crippen LogP contribution in [-0.2, 0) is 4.79 Å². The highest BCUT2D eigenvalue weighted by Crippen LogP contribution is 2.27. The summed E-state index contributed by atoms with van der Waals surface area (Å²) in [7, 11) is 1.47. The number of carbonyl (C=O) groups is 2. The summed E-state index contributed by atoms with van der Waals surface area (Å²) in [5.41, 5.74) is 4.47. The number of carbonyl (C=O) groups excluding carboxylic acids is 2. The monoisotopic (exact) mass is 444 g/mol. The van der Waals surface area contributed by atoms with Crippen LogP contribution in [0.25, 0.3) is 6.08 Å². The van der Waals surface area contributed by atoms with Crippen LogP contribution < -0.4 is 19.6 Å². The van der Waals surface area contributed by atoms with Gasteiger partial charge in [0.2, 0.25) is 0 Å². The zero-order valence-corrected chi connectivity index (χ0v) is 18.4. The van der Waals surface area contributed by atoms with E-state index in [4.69, 9.17) is 14.2 Å². The summed E-state index contributed by atoms with van der Waals surface area (Å²) in [6.45, 7) is 2.45. The SMILES string of the molecule is CCOc1ccc(C(=O)N/N=C\c2ccc(OC(=O)/C=C/c3ccccc3)c(OC)c2)cc1. The molecule has 0 radical (unpaired) electrons. The number of hydrogen-bond acceptors (Lipinski definition) is 6. The predicted octanol–water partition coefficient (Wildman–Crippen LogP) is 4.48. The highest BCUT2D eigenvalue weighted by molar-refractivity contribution is 5.95. The van der Waals surface area contributed by atoms with E-state index in [9.17, 15) is 9.59 Å². The summed E-state index contributed by atoms with van der Waals surface area (Å²) in [5, 5.41) is 3.98. The van der Waals surface area contributed by atoms with E-state index >= 15 is 0 Å². The van der Waals surface area contributed by atoms with E-state index in [0.29, 0.717) is 29.2 Å². The molecule has 0 atom stereocenters. The second-order valence-electron chi connectivity index (χ2n) is 6.73. The molecule has 0 fully saturated rings. The van der Waals surface area contributed by atoms with Crippen molar-refractivity contribution in [2.75, 3.05) is 13.7 Å². The number of ether oxygens (including phenoxy) is 3. The van der Waals surface area contributed by atoms with Crippen molar-refractivity contribution in [3.05, 3.63) is 95.6 Å². The van der Waals surface area contributed by atoms with Crippen LogP contribution in [0.2, 0.25) is 0 Å². The number of methoxy groups -OCH3 is 1. The Labute approximate surface area is 192 Å². The molecular formula is C26H24N2O5. The van der Waals surface area contributed by atoms with E-state index < -0.39 is 5.97 Å². The van der Waals surface area contributed by atoms with Crippen LogP contribution in [0.4, 0.5) is 0 Å². The Bertz CT molecular complexity index is 1140. The normalized spacial score (nSPS) is 10.8. The lowest BCUT2D eigenvalue weighted by Crippen LogP contribution is -2.17. The molecule has 3 rings (SSSR count). The van der Waals surface area contributed by atoms with Gasteiger partial charge >= 0.3 is 5.97 Å². The molecule has 33 heavy (non-hydrogen) atoms. The molecule has 1 N–H and O–H groups in total. The van der Waals surface area contributed by atoms with Gasteiger partial charge in [0.25, 0.3) is 5.91 Å². The third-order valence-electron chi connectivity index (χ3n) is 4.42. The van der Waals surface area contributed by atoms with Gasteiger partial charge in [0.1, 0.15) is 5.75 Å². The van der Waals surface area contributed by atoms with Crippen molar-refractivity contribution in [2.45, 2.75) is 6.92 Å². The molecule has 0 aliphatic heterocycles.